The molecule has 37 heavy (non-hydrogen) atoms. The Labute approximate surface area is 213 Å². The summed E-state index contributed by atoms with van der Waals surface area (Å²) in [6.45, 7) is 0.133. The van der Waals surface area contributed by atoms with E-state index in [1.807, 2.05) is 0 Å². The van der Waals surface area contributed by atoms with Crippen LogP contribution in [0.15, 0.2) is 91.0 Å². The fraction of sp³-hybridized carbons (Fsp3) is 0.241. The van der Waals surface area contributed by atoms with Crippen LogP contribution in [0.1, 0.15) is 33.6 Å². The van der Waals surface area contributed by atoms with Crippen molar-refractivity contribution in [3.63, 3.8) is 0 Å². The molecule has 8 heteroatoms. The number of para-hydroxylation sites is 1. The number of rotatable bonds is 5. The van der Waals surface area contributed by atoms with Gasteiger partial charge < -0.3 is 14.2 Å². The van der Waals surface area contributed by atoms with Crippen molar-refractivity contribution in [2.24, 2.45) is 11.8 Å². The number of likely N-dealkylation sites (tertiary alicyclic amines) is 1. The number of fused-ring (bicyclic) bond motifs is 1. The van der Waals surface area contributed by atoms with E-state index < -0.39 is 36.2 Å². The Kier molecular flexibility index (Phi) is 6.98. The topological polar surface area (TPSA) is 99.2 Å². The molecule has 4 atom stereocenters. The Morgan fingerprint density at radius 2 is 1.16 bits per heavy atom. The average molecular weight is 500 g/mol. The molecule has 5 rings (SSSR count). The standard InChI is InChI=1S/C29H25NO7/c31-26-23-17-25(37-28(33)20-12-6-2-7-13-20)24(36-27(32)19-10-4-1-5-11-19)16-21(23)18-30(26)29(34)35-22-14-8-3-9-15-22/h1-15,21,23-25H,16-18H2/t21-,23-,24+,25-/m1/s1. The normalized spacial score (nSPS) is 22.6. The number of amides is 2. The van der Waals surface area contributed by atoms with Crippen LogP contribution in [0, 0.1) is 11.8 Å². The molecular weight excluding hydrogens is 474 g/mol. The molecule has 1 saturated carbocycles. The van der Waals surface area contributed by atoms with Crippen LogP contribution in [-0.4, -0.2) is 47.6 Å². The van der Waals surface area contributed by atoms with Gasteiger partial charge >= 0.3 is 18.0 Å². The molecule has 1 aliphatic heterocycles. The number of ether oxygens (including phenoxy) is 3. The first-order chi connectivity index (χ1) is 18.0. The van der Waals surface area contributed by atoms with Crippen molar-refractivity contribution < 1.29 is 33.4 Å². The van der Waals surface area contributed by atoms with Crippen molar-refractivity contribution in [3.05, 3.63) is 102 Å². The monoisotopic (exact) mass is 499 g/mol. The van der Waals surface area contributed by atoms with Crippen molar-refractivity contribution >= 4 is 23.9 Å². The Bertz CT molecular complexity index is 1280. The van der Waals surface area contributed by atoms with Gasteiger partial charge in [0.2, 0.25) is 5.91 Å². The highest BCUT2D eigenvalue weighted by molar-refractivity contribution is 5.96. The van der Waals surface area contributed by atoms with E-state index in [1.165, 1.54) is 0 Å². The zero-order valence-electron chi connectivity index (χ0n) is 19.9. The van der Waals surface area contributed by atoms with E-state index in [9.17, 15) is 19.2 Å². The molecule has 8 nitrogen and oxygen atoms in total. The number of imide groups is 1. The first-order valence-corrected chi connectivity index (χ1v) is 12.1. The number of hydrogen-bond donors (Lipinski definition) is 0. The van der Waals surface area contributed by atoms with Crippen molar-refractivity contribution in [1.82, 2.24) is 4.90 Å². The van der Waals surface area contributed by atoms with Crippen LogP contribution in [0.5, 0.6) is 5.75 Å². The van der Waals surface area contributed by atoms with Gasteiger partial charge in [0, 0.05) is 12.5 Å². The molecule has 0 radical (unpaired) electrons. The molecule has 0 spiro atoms. The largest absolute Gasteiger partial charge is 0.455 e. The van der Waals surface area contributed by atoms with Gasteiger partial charge in [0.1, 0.15) is 18.0 Å². The molecular formula is C29H25NO7. The first kappa shape index (κ1) is 24.2. The highest BCUT2D eigenvalue weighted by atomic mass is 16.6. The number of nitrogens with zero attached hydrogens (tertiary/aromatic N) is 1. The second-order valence-corrected chi connectivity index (χ2v) is 9.09. The van der Waals surface area contributed by atoms with Gasteiger partial charge in [-0.1, -0.05) is 54.6 Å². The molecule has 0 bridgehead atoms. The molecule has 3 aromatic carbocycles. The fourth-order valence-electron chi connectivity index (χ4n) is 4.85. The zero-order chi connectivity index (χ0) is 25.8. The molecule has 2 amide bonds. The smallest absolute Gasteiger partial charge is 0.422 e. The van der Waals surface area contributed by atoms with Crippen LogP contribution >= 0.6 is 0 Å². The molecule has 1 heterocycles. The average Bonchev–Trinajstić information content (AvgIpc) is 3.25. The number of esters is 2. The third kappa shape index (κ3) is 5.38. The van der Waals surface area contributed by atoms with E-state index in [0.29, 0.717) is 16.9 Å². The minimum atomic E-state index is -0.851. The summed E-state index contributed by atoms with van der Waals surface area (Å²) in [5.41, 5.74) is 0.719. The molecule has 2 fully saturated rings. The zero-order valence-corrected chi connectivity index (χ0v) is 19.9. The highest BCUT2D eigenvalue weighted by Gasteiger charge is 2.51. The van der Waals surface area contributed by atoms with Gasteiger partial charge in [0.05, 0.1) is 11.1 Å². The van der Waals surface area contributed by atoms with Crippen LogP contribution in [0.3, 0.4) is 0 Å². The molecule has 2 aliphatic rings. The van der Waals surface area contributed by atoms with Crippen LogP contribution in [0.4, 0.5) is 4.79 Å². The second-order valence-electron chi connectivity index (χ2n) is 9.09. The lowest BCUT2D eigenvalue weighted by atomic mass is 9.78. The van der Waals surface area contributed by atoms with E-state index in [4.69, 9.17) is 14.2 Å². The molecule has 1 saturated heterocycles. The molecule has 3 aromatic rings. The van der Waals surface area contributed by atoms with Gasteiger partial charge in [0.15, 0.2) is 0 Å². The summed E-state index contributed by atoms with van der Waals surface area (Å²) < 4.78 is 16.9. The van der Waals surface area contributed by atoms with Crippen molar-refractivity contribution in [2.45, 2.75) is 25.0 Å². The molecule has 0 N–H and O–H groups in total. The lowest BCUT2D eigenvalue weighted by molar-refractivity contribution is -0.133. The summed E-state index contributed by atoms with van der Waals surface area (Å²) in [6, 6.07) is 25.5. The lowest BCUT2D eigenvalue weighted by Gasteiger charge is -2.36. The van der Waals surface area contributed by atoms with Crippen LogP contribution in [0.25, 0.3) is 0 Å². The molecule has 188 valence electrons. The minimum absolute atomic E-state index is 0.129. The van der Waals surface area contributed by atoms with Gasteiger partial charge in [-0.3, -0.25) is 4.79 Å². The Hall–Kier alpha value is -4.46. The van der Waals surface area contributed by atoms with Crippen LogP contribution in [-0.2, 0) is 14.3 Å². The van der Waals surface area contributed by atoms with Gasteiger partial charge in [-0.15, -0.1) is 0 Å². The molecule has 0 unspecified atom stereocenters. The van der Waals surface area contributed by atoms with Crippen LogP contribution in [0.2, 0.25) is 0 Å². The van der Waals surface area contributed by atoms with E-state index >= 15 is 0 Å². The number of carbonyl (C=O) groups is 4. The Morgan fingerprint density at radius 3 is 1.70 bits per heavy atom. The first-order valence-electron chi connectivity index (χ1n) is 12.1. The van der Waals surface area contributed by atoms with E-state index in [-0.39, 0.29) is 31.2 Å². The minimum Gasteiger partial charge on any atom is -0.455 e. The molecule has 0 aromatic heterocycles. The van der Waals surface area contributed by atoms with E-state index in [2.05, 4.69) is 0 Å². The third-order valence-corrected chi connectivity index (χ3v) is 6.71. The maximum Gasteiger partial charge on any atom is 0.422 e. The second kappa shape index (κ2) is 10.7. The lowest BCUT2D eigenvalue weighted by Crippen LogP contribution is -2.44. The van der Waals surface area contributed by atoms with E-state index in [0.717, 1.165) is 4.90 Å². The Balaban J connectivity index is 1.34. The van der Waals surface area contributed by atoms with E-state index in [1.54, 1.807) is 91.0 Å². The number of carbonyl (C=O) groups excluding carboxylic acids is 4. The van der Waals surface area contributed by atoms with Gasteiger partial charge in [0.25, 0.3) is 0 Å². The van der Waals surface area contributed by atoms with Crippen molar-refractivity contribution in [2.75, 3.05) is 6.54 Å². The molecule has 1 aliphatic carbocycles. The third-order valence-electron chi connectivity index (χ3n) is 6.71. The SMILES string of the molecule is O=C(O[C@H]1C[C@@H]2CN(C(=O)Oc3ccccc3)C(=O)[C@@H]2C[C@H]1OC(=O)c1ccccc1)c1ccccc1. The predicted molar refractivity (Wildman–Crippen MR) is 132 cm³/mol. The van der Waals surface area contributed by atoms with Crippen molar-refractivity contribution in [1.29, 1.82) is 0 Å². The quantitative estimate of drug-likeness (QED) is 0.477. The van der Waals surface area contributed by atoms with Gasteiger partial charge in [-0.05, 0) is 55.2 Å². The summed E-state index contributed by atoms with van der Waals surface area (Å²) in [4.78, 5) is 52.7. The highest BCUT2D eigenvalue weighted by Crippen LogP contribution is 2.40. The number of benzene rings is 3. The summed E-state index contributed by atoms with van der Waals surface area (Å²) in [6.07, 6.45) is -2.00. The predicted octanol–water partition coefficient (Wildman–Crippen LogP) is 4.51. The summed E-state index contributed by atoms with van der Waals surface area (Å²) in [5, 5.41) is 0. The van der Waals surface area contributed by atoms with Gasteiger partial charge in [-0.2, -0.15) is 0 Å². The summed E-state index contributed by atoms with van der Waals surface area (Å²) in [5.74, 6) is -2.01. The summed E-state index contributed by atoms with van der Waals surface area (Å²) >= 11 is 0. The maximum atomic E-state index is 13.2. The maximum absolute atomic E-state index is 13.2. The fourth-order valence-corrected chi connectivity index (χ4v) is 4.85. The van der Waals surface area contributed by atoms with Crippen LogP contribution < -0.4 is 4.74 Å². The Morgan fingerprint density at radius 1 is 0.676 bits per heavy atom. The van der Waals surface area contributed by atoms with Gasteiger partial charge in [-0.25, -0.2) is 19.3 Å². The summed E-state index contributed by atoms with van der Waals surface area (Å²) in [7, 11) is 0. The van der Waals surface area contributed by atoms with Crippen molar-refractivity contribution in [3.8, 4) is 5.75 Å². The number of hydrogen-bond acceptors (Lipinski definition) is 7.